The van der Waals surface area contributed by atoms with Crippen LogP contribution in [0.5, 0.6) is 0 Å². The van der Waals surface area contributed by atoms with E-state index in [2.05, 4.69) is 5.10 Å². The molecule has 1 aliphatic heterocycles. The van der Waals surface area contributed by atoms with Gasteiger partial charge in [-0.05, 0) is 52.2 Å². The van der Waals surface area contributed by atoms with E-state index < -0.39 is 18.3 Å². The number of carbonyl (C=O) groups is 1. The first-order valence-corrected chi connectivity index (χ1v) is 8.41. The van der Waals surface area contributed by atoms with Crippen molar-refractivity contribution in [2.75, 3.05) is 6.61 Å². The van der Waals surface area contributed by atoms with Crippen LogP contribution < -0.4 is 5.46 Å². The molecule has 6 nitrogen and oxygen atoms in total. The quantitative estimate of drug-likeness (QED) is 0.630. The van der Waals surface area contributed by atoms with Crippen LogP contribution in [0.2, 0.25) is 0 Å². The molecule has 3 rings (SSSR count). The van der Waals surface area contributed by atoms with E-state index in [0.29, 0.717) is 12.2 Å². The summed E-state index contributed by atoms with van der Waals surface area (Å²) < 4.78 is 18.8. The van der Waals surface area contributed by atoms with Gasteiger partial charge in [-0.1, -0.05) is 12.1 Å². The summed E-state index contributed by atoms with van der Waals surface area (Å²) in [7, 11) is -0.440. The van der Waals surface area contributed by atoms with Crippen LogP contribution in [-0.2, 0) is 14.0 Å². The van der Waals surface area contributed by atoms with Gasteiger partial charge in [0, 0.05) is 6.20 Å². The molecule has 0 bridgehead atoms. The minimum absolute atomic E-state index is 0.335. The number of carbonyl (C=O) groups excluding carboxylic acids is 1. The Morgan fingerprint density at radius 2 is 1.92 bits per heavy atom. The lowest BCUT2D eigenvalue weighted by molar-refractivity contribution is 0.00578. The second kappa shape index (κ2) is 6.31. The van der Waals surface area contributed by atoms with Crippen molar-refractivity contribution in [1.29, 1.82) is 0 Å². The van der Waals surface area contributed by atoms with Crippen LogP contribution in [0.3, 0.4) is 0 Å². The predicted molar refractivity (Wildman–Crippen MR) is 95.2 cm³/mol. The lowest BCUT2D eigenvalue weighted by Gasteiger charge is -2.32. The topological polar surface area (TPSA) is 62.6 Å². The summed E-state index contributed by atoms with van der Waals surface area (Å²) in [5, 5.41) is 4.25. The lowest BCUT2D eigenvalue weighted by atomic mass is 9.79. The first-order valence-electron chi connectivity index (χ1n) is 8.41. The summed E-state index contributed by atoms with van der Waals surface area (Å²) in [6.07, 6.45) is 3.15. The molecule has 2 aromatic rings. The van der Waals surface area contributed by atoms with E-state index in [-0.39, 0.29) is 5.97 Å². The lowest BCUT2D eigenvalue weighted by Crippen LogP contribution is -2.41. The normalized spacial score (nSPS) is 18.4. The van der Waals surface area contributed by atoms with E-state index in [9.17, 15) is 4.79 Å². The molecule has 1 saturated heterocycles. The highest BCUT2D eigenvalue weighted by atomic mass is 16.7. The zero-order valence-electron chi connectivity index (χ0n) is 15.3. The van der Waals surface area contributed by atoms with Gasteiger partial charge in [0.2, 0.25) is 0 Å². The molecule has 1 aromatic carbocycles. The fourth-order valence-electron chi connectivity index (χ4n) is 2.58. The molecule has 25 heavy (non-hydrogen) atoms. The first kappa shape index (κ1) is 17.7. The monoisotopic (exact) mass is 342 g/mol. The highest BCUT2D eigenvalue weighted by Gasteiger charge is 2.51. The van der Waals surface area contributed by atoms with Crippen LogP contribution >= 0.6 is 0 Å². The van der Waals surface area contributed by atoms with Crippen molar-refractivity contribution in [3.05, 3.63) is 42.2 Å². The van der Waals surface area contributed by atoms with E-state index in [1.54, 1.807) is 17.8 Å². The van der Waals surface area contributed by atoms with Gasteiger partial charge in [0.1, 0.15) is 0 Å². The summed E-state index contributed by atoms with van der Waals surface area (Å²) in [4.78, 5) is 11.8. The molecule has 0 saturated carbocycles. The number of benzene rings is 1. The van der Waals surface area contributed by atoms with Gasteiger partial charge in [0.05, 0.1) is 35.3 Å². The SMILES string of the molecule is CCOC(=O)c1cnn(-c2cccc(B3OC(C)(C)C(C)(C)O3)c2)c1. The highest BCUT2D eigenvalue weighted by molar-refractivity contribution is 6.62. The van der Waals surface area contributed by atoms with Crippen LogP contribution in [0.15, 0.2) is 36.7 Å². The van der Waals surface area contributed by atoms with Crippen molar-refractivity contribution in [2.24, 2.45) is 0 Å². The van der Waals surface area contributed by atoms with Gasteiger partial charge in [-0.25, -0.2) is 9.48 Å². The highest BCUT2D eigenvalue weighted by Crippen LogP contribution is 2.36. The maximum absolute atomic E-state index is 11.8. The van der Waals surface area contributed by atoms with Crippen molar-refractivity contribution in [3.63, 3.8) is 0 Å². The third-order valence-electron chi connectivity index (χ3n) is 4.75. The summed E-state index contributed by atoms with van der Waals surface area (Å²) in [5.41, 5.74) is 1.36. The molecule has 1 aliphatic rings. The number of aromatic nitrogens is 2. The van der Waals surface area contributed by atoms with Gasteiger partial charge in [0.25, 0.3) is 0 Å². The fourth-order valence-corrected chi connectivity index (χ4v) is 2.58. The van der Waals surface area contributed by atoms with E-state index in [1.165, 1.54) is 6.20 Å². The Morgan fingerprint density at radius 1 is 1.24 bits per heavy atom. The molecule has 0 spiro atoms. The standard InChI is InChI=1S/C18H23BN2O4/c1-6-23-16(22)13-11-20-21(12-13)15-9-7-8-14(10-15)19-24-17(2,3)18(4,5)25-19/h7-12H,6H2,1-5H3. The third kappa shape index (κ3) is 3.34. The molecule has 0 aliphatic carbocycles. The van der Waals surface area contributed by atoms with E-state index >= 15 is 0 Å². The molecule has 0 unspecified atom stereocenters. The van der Waals surface area contributed by atoms with E-state index in [4.69, 9.17) is 14.0 Å². The van der Waals surface area contributed by atoms with Crippen LogP contribution in [0.25, 0.3) is 5.69 Å². The largest absolute Gasteiger partial charge is 0.494 e. The summed E-state index contributed by atoms with van der Waals surface area (Å²) in [6.45, 7) is 10.2. The minimum atomic E-state index is -0.440. The van der Waals surface area contributed by atoms with Crippen LogP contribution in [0, 0.1) is 0 Å². The van der Waals surface area contributed by atoms with Gasteiger partial charge in [-0.15, -0.1) is 0 Å². The van der Waals surface area contributed by atoms with E-state index in [1.807, 2.05) is 52.0 Å². The van der Waals surface area contributed by atoms with Crippen molar-refractivity contribution >= 4 is 18.6 Å². The second-order valence-electron chi connectivity index (χ2n) is 7.08. The molecular weight excluding hydrogens is 319 g/mol. The molecule has 1 aromatic heterocycles. The average molecular weight is 342 g/mol. The Labute approximate surface area is 148 Å². The second-order valence-corrected chi connectivity index (χ2v) is 7.08. The van der Waals surface area contributed by atoms with Crippen molar-refractivity contribution in [1.82, 2.24) is 9.78 Å². The molecule has 1 fully saturated rings. The minimum Gasteiger partial charge on any atom is -0.462 e. The van der Waals surface area contributed by atoms with Crippen LogP contribution in [0.1, 0.15) is 45.0 Å². The first-order chi connectivity index (χ1) is 11.7. The Hall–Kier alpha value is -2.12. The van der Waals surface area contributed by atoms with Crippen molar-refractivity contribution in [2.45, 2.75) is 45.8 Å². The number of hydrogen-bond donors (Lipinski definition) is 0. The van der Waals surface area contributed by atoms with Crippen molar-refractivity contribution in [3.8, 4) is 5.69 Å². The summed E-state index contributed by atoms with van der Waals surface area (Å²) in [5.74, 6) is -0.379. The maximum atomic E-state index is 11.8. The summed E-state index contributed by atoms with van der Waals surface area (Å²) >= 11 is 0. The molecule has 0 amide bonds. The average Bonchev–Trinajstić information content (AvgIpc) is 3.11. The fraction of sp³-hybridized carbons (Fsp3) is 0.444. The molecule has 0 radical (unpaired) electrons. The molecule has 2 heterocycles. The van der Waals surface area contributed by atoms with Gasteiger partial charge in [0.15, 0.2) is 0 Å². The number of hydrogen-bond acceptors (Lipinski definition) is 5. The molecule has 0 atom stereocenters. The smallest absolute Gasteiger partial charge is 0.462 e. The van der Waals surface area contributed by atoms with Gasteiger partial charge >= 0.3 is 13.1 Å². The van der Waals surface area contributed by atoms with Crippen LogP contribution in [0.4, 0.5) is 0 Å². The molecule has 7 heteroatoms. The number of esters is 1. The zero-order chi connectivity index (χ0) is 18.2. The van der Waals surface area contributed by atoms with E-state index in [0.717, 1.165) is 11.2 Å². The molecule has 0 N–H and O–H groups in total. The number of rotatable bonds is 4. The Bertz CT molecular complexity index is 769. The van der Waals surface area contributed by atoms with Crippen LogP contribution in [-0.4, -0.2) is 40.7 Å². The summed E-state index contributed by atoms with van der Waals surface area (Å²) in [6, 6.07) is 7.74. The van der Waals surface area contributed by atoms with Gasteiger partial charge < -0.3 is 14.0 Å². The molecular formula is C18H23BN2O4. The Balaban J connectivity index is 1.85. The Kier molecular flexibility index (Phi) is 4.47. The third-order valence-corrected chi connectivity index (χ3v) is 4.75. The number of ether oxygens (including phenoxy) is 1. The van der Waals surface area contributed by atoms with Gasteiger partial charge in [-0.2, -0.15) is 5.10 Å². The Morgan fingerprint density at radius 3 is 2.56 bits per heavy atom. The maximum Gasteiger partial charge on any atom is 0.494 e. The zero-order valence-corrected chi connectivity index (χ0v) is 15.3. The number of nitrogens with zero attached hydrogens (tertiary/aromatic N) is 2. The molecule has 132 valence electrons. The van der Waals surface area contributed by atoms with Gasteiger partial charge in [-0.3, -0.25) is 0 Å². The van der Waals surface area contributed by atoms with Crippen molar-refractivity contribution < 1.29 is 18.8 Å². The predicted octanol–water partition coefficient (Wildman–Crippen LogP) is 2.35.